The number of carbonyl (C=O) groups is 1. The van der Waals surface area contributed by atoms with Gasteiger partial charge in [-0.2, -0.15) is 0 Å². The van der Waals surface area contributed by atoms with Gasteiger partial charge >= 0.3 is 0 Å². The molecule has 1 saturated heterocycles. The van der Waals surface area contributed by atoms with Crippen LogP contribution in [0.1, 0.15) is 46.5 Å². The lowest BCUT2D eigenvalue weighted by atomic mass is 9.98. The zero-order chi connectivity index (χ0) is 12.0. The minimum absolute atomic E-state index is 0.322. The summed E-state index contributed by atoms with van der Waals surface area (Å²) < 4.78 is 0. The van der Waals surface area contributed by atoms with Crippen molar-refractivity contribution < 1.29 is 4.79 Å². The normalized spacial score (nSPS) is 21.1. The Morgan fingerprint density at radius 1 is 1.50 bits per heavy atom. The molecule has 1 aliphatic rings. The van der Waals surface area contributed by atoms with Crippen LogP contribution in [0.15, 0.2) is 0 Å². The summed E-state index contributed by atoms with van der Waals surface area (Å²) in [6.45, 7) is 9.44. The van der Waals surface area contributed by atoms with Crippen LogP contribution in [0.25, 0.3) is 0 Å². The maximum Gasteiger partial charge on any atom is 0.222 e. The molecule has 1 amide bonds. The van der Waals surface area contributed by atoms with Crippen LogP contribution < -0.4 is 5.32 Å². The van der Waals surface area contributed by atoms with E-state index in [-0.39, 0.29) is 0 Å². The van der Waals surface area contributed by atoms with Gasteiger partial charge in [-0.15, -0.1) is 0 Å². The molecule has 1 N–H and O–H groups in total. The first-order valence-corrected chi connectivity index (χ1v) is 6.65. The summed E-state index contributed by atoms with van der Waals surface area (Å²) in [5, 5.41) is 3.41. The molecule has 1 atom stereocenters. The second-order valence-corrected chi connectivity index (χ2v) is 5.10. The van der Waals surface area contributed by atoms with Crippen LogP contribution in [0.4, 0.5) is 0 Å². The Hall–Kier alpha value is -0.570. The fourth-order valence-corrected chi connectivity index (χ4v) is 2.32. The molecule has 1 heterocycles. The van der Waals surface area contributed by atoms with Crippen LogP contribution in [0.2, 0.25) is 0 Å². The second kappa shape index (κ2) is 6.89. The van der Waals surface area contributed by atoms with Crippen molar-refractivity contribution in [2.24, 2.45) is 5.92 Å². The SMILES string of the molecule is CCCC(=O)N(CC1CCCNC1)C(C)C. The first kappa shape index (κ1) is 13.5. The van der Waals surface area contributed by atoms with Gasteiger partial charge in [0.2, 0.25) is 5.91 Å². The van der Waals surface area contributed by atoms with Crippen LogP contribution in [-0.4, -0.2) is 36.5 Å². The highest BCUT2D eigenvalue weighted by molar-refractivity contribution is 5.76. The van der Waals surface area contributed by atoms with Crippen molar-refractivity contribution in [3.05, 3.63) is 0 Å². The van der Waals surface area contributed by atoms with E-state index in [4.69, 9.17) is 0 Å². The Labute approximate surface area is 99.6 Å². The van der Waals surface area contributed by atoms with Gasteiger partial charge < -0.3 is 10.2 Å². The van der Waals surface area contributed by atoms with Crippen LogP contribution in [0.5, 0.6) is 0 Å². The predicted molar refractivity (Wildman–Crippen MR) is 67.4 cm³/mol. The van der Waals surface area contributed by atoms with Gasteiger partial charge in [-0.3, -0.25) is 4.79 Å². The smallest absolute Gasteiger partial charge is 0.222 e. The number of amides is 1. The summed E-state index contributed by atoms with van der Waals surface area (Å²) >= 11 is 0. The molecule has 0 bridgehead atoms. The third-order valence-electron chi connectivity index (χ3n) is 3.26. The van der Waals surface area contributed by atoms with Gasteiger partial charge in [-0.1, -0.05) is 6.92 Å². The minimum atomic E-state index is 0.322. The molecule has 0 aliphatic carbocycles. The van der Waals surface area contributed by atoms with Crippen molar-refractivity contribution >= 4 is 5.91 Å². The number of hydrogen-bond acceptors (Lipinski definition) is 2. The summed E-state index contributed by atoms with van der Waals surface area (Å²) in [6.07, 6.45) is 4.15. The number of carbonyl (C=O) groups excluding carboxylic acids is 1. The maximum absolute atomic E-state index is 12.0. The highest BCUT2D eigenvalue weighted by Crippen LogP contribution is 2.14. The maximum atomic E-state index is 12.0. The Kier molecular flexibility index (Phi) is 5.81. The van der Waals surface area contributed by atoms with E-state index in [0.29, 0.717) is 24.3 Å². The van der Waals surface area contributed by atoms with Gasteiger partial charge in [-0.25, -0.2) is 0 Å². The van der Waals surface area contributed by atoms with E-state index in [9.17, 15) is 4.79 Å². The Bertz CT molecular complexity index is 210. The standard InChI is InChI=1S/C13H26N2O/c1-4-6-13(16)15(11(2)3)10-12-7-5-8-14-9-12/h11-12,14H,4-10H2,1-3H3. The van der Waals surface area contributed by atoms with Crippen LogP contribution >= 0.6 is 0 Å². The second-order valence-electron chi connectivity index (χ2n) is 5.10. The van der Waals surface area contributed by atoms with E-state index in [2.05, 4.69) is 31.0 Å². The molecule has 1 aliphatic heterocycles. The van der Waals surface area contributed by atoms with Crippen molar-refractivity contribution in [2.75, 3.05) is 19.6 Å². The molecule has 94 valence electrons. The van der Waals surface area contributed by atoms with Crippen LogP contribution in [0, 0.1) is 5.92 Å². The Morgan fingerprint density at radius 2 is 2.25 bits per heavy atom. The van der Waals surface area contributed by atoms with Gasteiger partial charge in [0.15, 0.2) is 0 Å². The zero-order valence-electron chi connectivity index (χ0n) is 11.0. The van der Waals surface area contributed by atoms with Gasteiger partial charge in [0.05, 0.1) is 0 Å². The largest absolute Gasteiger partial charge is 0.340 e. The van der Waals surface area contributed by atoms with Gasteiger partial charge in [0.1, 0.15) is 0 Å². The molecule has 1 unspecified atom stereocenters. The molecular weight excluding hydrogens is 200 g/mol. The lowest BCUT2D eigenvalue weighted by Gasteiger charge is -2.33. The summed E-state index contributed by atoms with van der Waals surface area (Å²) in [5.74, 6) is 0.972. The highest BCUT2D eigenvalue weighted by atomic mass is 16.2. The van der Waals surface area contributed by atoms with Crippen LogP contribution in [0.3, 0.4) is 0 Å². The molecule has 0 radical (unpaired) electrons. The first-order valence-electron chi connectivity index (χ1n) is 6.65. The Morgan fingerprint density at radius 3 is 2.75 bits per heavy atom. The van der Waals surface area contributed by atoms with Gasteiger partial charge in [-0.05, 0) is 52.1 Å². The average Bonchev–Trinajstić information content (AvgIpc) is 2.27. The molecule has 3 heteroatoms. The number of nitrogens with one attached hydrogen (secondary N) is 1. The van der Waals surface area contributed by atoms with Crippen molar-refractivity contribution in [3.8, 4) is 0 Å². The van der Waals surface area contributed by atoms with Crippen LogP contribution in [-0.2, 0) is 4.79 Å². The number of piperidine rings is 1. The van der Waals surface area contributed by atoms with Crippen molar-refractivity contribution in [1.29, 1.82) is 0 Å². The van der Waals surface area contributed by atoms with Gasteiger partial charge in [0.25, 0.3) is 0 Å². The minimum Gasteiger partial charge on any atom is -0.340 e. The fourth-order valence-electron chi connectivity index (χ4n) is 2.32. The molecule has 16 heavy (non-hydrogen) atoms. The first-order chi connectivity index (χ1) is 7.65. The molecule has 0 aromatic rings. The van der Waals surface area contributed by atoms with Crippen molar-refractivity contribution in [2.45, 2.75) is 52.5 Å². The average molecular weight is 226 g/mol. The summed E-state index contributed by atoms with van der Waals surface area (Å²) in [7, 11) is 0. The molecule has 0 aromatic carbocycles. The monoisotopic (exact) mass is 226 g/mol. The number of rotatable bonds is 5. The van der Waals surface area contributed by atoms with Crippen molar-refractivity contribution in [3.63, 3.8) is 0 Å². The molecule has 0 aromatic heterocycles. The molecule has 0 spiro atoms. The fraction of sp³-hybridized carbons (Fsp3) is 0.923. The van der Waals surface area contributed by atoms with E-state index in [0.717, 1.165) is 26.1 Å². The lowest BCUT2D eigenvalue weighted by molar-refractivity contribution is -0.133. The molecule has 1 rings (SSSR count). The quantitative estimate of drug-likeness (QED) is 0.778. The van der Waals surface area contributed by atoms with E-state index in [1.54, 1.807) is 0 Å². The highest BCUT2D eigenvalue weighted by Gasteiger charge is 2.21. The molecule has 0 saturated carbocycles. The summed E-state index contributed by atoms with van der Waals surface area (Å²) in [6, 6.07) is 0.334. The predicted octanol–water partition coefficient (Wildman–Crippen LogP) is 2.02. The lowest BCUT2D eigenvalue weighted by Crippen LogP contribution is -2.44. The number of hydrogen-bond donors (Lipinski definition) is 1. The van der Waals surface area contributed by atoms with E-state index in [1.807, 2.05) is 0 Å². The topological polar surface area (TPSA) is 32.3 Å². The molecular formula is C13H26N2O. The Balaban J connectivity index is 2.46. The van der Waals surface area contributed by atoms with Crippen molar-refractivity contribution in [1.82, 2.24) is 10.2 Å². The van der Waals surface area contributed by atoms with E-state index in [1.165, 1.54) is 12.8 Å². The third kappa shape index (κ3) is 4.12. The zero-order valence-corrected chi connectivity index (χ0v) is 11.0. The number of nitrogens with zero attached hydrogens (tertiary/aromatic N) is 1. The van der Waals surface area contributed by atoms with E-state index >= 15 is 0 Å². The molecule has 1 fully saturated rings. The van der Waals surface area contributed by atoms with E-state index < -0.39 is 0 Å². The molecule has 3 nitrogen and oxygen atoms in total. The summed E-state index contributed by atoms with van der Waals surface area (Å²) in [5.41, 5.74) is 0. The van der Waals surface area contributed by atoms with Gasteiger partial charge in [0, 0.05) is 19.0 Å². The third-order valence-corrected chi connectivity index (χ3v) is 3.26. The summed E-state index contributed by atoms with van der Waals surface area (Å²) in [4.78, 5) is 14.0.